The molecule has 2 aromatic carbocycles. The normalized spacial score (nSPS) is 17.6. The van der Waals surface area contributed by atoms with Crippen LogP contribution in [0.5, 0.6) is 0 Å². The number of nitrogens with one attached hydrogen (secondary N) is 3. The number of carbonyl (C=O) groups is 3. The number of amides is 2. The Labute approximate surface area is 232 Å². The molecule has 3 N–H and O–H groups in total. The molecular weight excluding hydrogens is 528 g/mol. The number of Topliss-reactive ketones (excluding diaryl/α,β-unsaturated/α-hetero) is 1. The van der Waals surface area contributed by atoms with Gasteiger partial charge in [0.05, 0.1) is 10.5 Å². The standard InChI is InChI=1S/C30H30N4O5S/c35-27-10-6-9-25-29(27)21(12-14-28(36)34-15-4-5-16-34)26(31-25)18-23-22-17-19(11-13-24(22)32-30(23)37)33-40(38,39)20-7-2-1-3-8-20/h1-3,7-8,11,13,17-18,31,33H,4-6,9-10,12,14-16H2,(H,32,37)/b23-18-. The van der Waals surface area contributed by atoms with Crippen molar-refractivity contribution in [3.8, 4) is 0 Å². The van der Waals surface area contributed by atoms with E-state index in [1.165, 1.54) is 12.1 Å². The highest BCUT2D eigenvalue weighted by atomic mass is 32.2. The first kappa shape index (κ1) is 26.1. The Bertz CT molecular complexity index is 1650. The quantitative estimate of drug-likeness (QED) is 0.371. The van der Waals surface area contributed by atoms with Crippen LogP contribution in [0.1, 0.15) is 65.0 Å². The Hall–Kier alpha value is -4.18. The lowest BCUT2D eigenvalue weighted by Crippen LogP contribution is -2.27. The topological polar surface area (TPSA) is 128 Å². The van der Waals surface area contributed by atoms with E-state index in [1.807, 2.05) is 4.90 Å². The number of fused-ring (bicyclic) bond motifs is 2. The first-order chi connectivity index (χ1) is 19.3. The van der Waals surface area contributed by atoms with Gasteiger partial charge in [0.1, 0.15) is 0 Å². The van der Waals surface area contributed by atoms with Crippen molar-refractivity contribution >= 4 is 50.6 Å². The molecule has 1 fully saturated rings. The molecule has 0 saturated carbocycles. The Morgan fingerprint density at radius 2 is 1.77 bits per heavy atom. The van der Waals surface area contributed by atoms with Crippen molar-refractivity contribution in [1.29, 1.82) is 0 Å². The van der Waals surface area contributed by atoms with E-state index in [0.717, 1.165) is 50.0 Å². The fraction of sp³-hybridized carbons (Fsp3) is 0.300. The van der Waals surface area contributed by atoms with Crippen LogP contribution in [-0.4, -0.2) is 49.0 Å². The van der Waals surface area contributed by atoms with Gasteiger partial charge in [-0.15, -0.1) is 0 Å². The fourth-order valence-corrected chi connectivity index (χ4v) is 6.86. The number of rotatable bonds is 7. The number of benzene rings is 2. The van der Waals surface area contributed by atoms with Crippen molar-refractivity contribution < 1.29 is 22.8 Å². The number of hydrogen-bond acceptors (Lipinski definition) is 5. The average Bonchev–Trinajstić information content (AvgIpc) is 3.67. The smallest absolute Gasteiger partial charge is 0.261 e. The summed E-state index contributed by atoms with van der Waals surface area (Å²) in [5, 5.41) is 2.84. The molecule has 3 aliphatic rings. The molecule has 6 rings (SSSR count). The van der Waals surface area contributed by atoms with Crippen LogP contribution in [0, 0.1) is 0 Å². The Balaban J connectivity index is 1.34. The molecule has 9 nitrogen and oxygen atoms in total. The van der Waals surface area contributed by atoms with Crippen molar-refractivity contribution in [2.75, 3.05) is 23.1 Å². The summed E-state index contributed by atoms with van der Waals surface area (Å²) < 4.78 is 28.3. The number of aryl methyl sites for hydroxylation is 1. The monoisotopic (exact) mass is 558 g/mol. The number of likely N-dealkylation sites (tertiary alicyclic amines) is 1. The first-order valence-electron chi connectivity index (χ1n) is 13.6. The van der Waals surface area contributed by atoms with Gasteiger partial charge in [0.2, 0.25) is 5.91 Å². The van der Waals surface area contributed by atoms with E-state index in [0.29, 0.717) is 53.0 Å². The van der Waals surface area contributed by atoms with Crippen LogP contribution < -0.4 is 10.0 Å². The molecule has 0 radical (unpaired) electrons. The second kappa shape index (κ2) is 10.4. The summed E-state index contributed by atoms with van der Waals surface area (Å²) in [6.07, 6.45) is 6.38. The number of carbonyl (C=O) groups excluding carboxylic acids is 3. The summed E-state index contributed by atoms with van der Waals surface area (Å²) in [6, 6.07) is 13.0. The lowest BCUT2D eigenvalue weighted by atomic mass is 9.91. The maximum absolute atomic E-state index is 13.1. The van der Waals surface area contributed by atoms with Gasteiger partial charge in [-0.2, -0.15) is 0 Å². The molecule has 40 heavy (non-hydrogen) atoms. The highest BCUT2D eigenvalue weighted by molar-refractivity contribution is 7.92. The van der Waals surface area contributed by atoms with E-state index in [4.69, 9.17) is 0 Å². The minimum Gasteiger partial charge on any atom is -0.358 e. The number of H-pyrrole nitrogens is 1. The van der Waals surface area contributed by atoms with Gasteiger partial charge in [0.15, 0.2) is 5.78 Å². The minimum atomic E-state index is -3.81. The fourth-order valence-electron chi connectivity index (χ4n) is 5.78. The van der Waals surface area contributed by atoms with E-state index >= 15 is 0 Å². The van der Waals surface area contributed by atoms with E-state index in [9.17, 15) is 22.8 Å². The molecule has 0 unspecified atom stereocenters. The molecule has 3 heterocycles. The Morgan fingerprint density at radius 1 is 1.00 bits per heavy atom. The van der Waals surface area contributed by atoms with Crippen LogP contribution in [-0.2, 0) is 32.5 Å². The predicted molar refractivity (Wildman–Crippen MR) is 152 cm³/mol. The Morgan fingerprint density at radius 3 is 2.55 bits per heavy atom. The zero-order valence-corrected chi connectivity index (χ0v) is 22.8. The number of nitrogens with zero attached hydrogens (tertiary/aromatic N) is 1. The maximum Gasteiger partial charge on any atom is 0.261 e. The molecule has 0 bridgehead atoms. The van der Waals surface area contributed by atoms with Gasteiger partial charge in [-0.05, 0) is 74.1 Å². The van der Waals surface area contributed by atoms with Crippen LogP contribution in [0.3, 0.4) is 0 Å². The number of hydrogen-bond donors (Lipinski definition) is 3. The summed E-state index contributed by atoms with van der Waals surface area (Å²) in [5.41, 5.74) is 4.69. The molecule has 1 aromatic heterocycles. The third kappa shape index (κ3) is 4.95. The number of aromatic nitrogens is 1. The SMILES string of the molecule is O=C1Nc2ccc(NS(=O)(=O)c3ccccc3)cc2/C1=C/c1[nH]c2c(c1CCC(=O)N1CCCC1)C(=O)CCC2. The van der Waals surface area contributed by atoms with Crippen molar-refractivity contribution in [2.45, 2.75) is 49.8 Å². The molecule has 206 valence electrons. The minimum absolute atomic E-state index is 0.0552. The molecule has 0 spiro atoms. The number of ketones is 1. The van der Waals surface area contributed by atoms with Crippen LogP contribution in [0.2, 0.25) is 0 Å². The first-order valence-corrected chi connectivity index (χ1v) is 15.1. The molecule has 10 heteroatoms. The molecule has 2 aliphatic heterocycles. The van der Waals surface area contributed by atoms with Gasteiger partial charge in [-0.1, -0.05) is 18.2 Å². The van der Waals surface area contributed by atoms with Crippen LogP contribution in [0.25, 0.3) is 11.6 Å². The largest absolute Gasteiger partial charge is 0.358 e. The zero-order chi connectivity index (χ0) is 27.9. The van der Waals surface area contributed by atoms with E-state index < -0.39 is 10.0 Å². The molecule has 1 saturated heterocycles. The lowest BCUT2D eigenvalue weighted by molar-refractivity contribution is -0.130. The number of sulfonamides is 1. The average molecular weight is 559 g/mol. The summed E-state index contributed by atoms with van der Waals surface area (Å²) in [4.78, 5) is 44.2. The summed E-state index contributed by atoms with van der Waals surface area (Å²) >= 11 is 0. The second-order valence-electron chi connectivity index (χ2n) is 10.4. The van der Waals surface area contributed by atoms with Gasteiger partial charge >= 0.3 is 0 Å². The summed E-state index contributed by atoms with van der Waals surface area (Å²) in [6.45, 7) is 1.54. The second-order valence-corrected chi connectivity index (χ2v) is 12.1. The van der Waals surface area contributed by atoms with Crippen molar-refractivity contribution in [1.82, 2.24) is 9.88 Å². The van der Waals surface area contributed by atoms with E-state index in [1.54, 1.807) is 42.5 Å². The summed E-state index contributed by atoms with van der Waals surface area (Å²) in [5.74, 6) is -0.190. The van der Waals surface area contributed by atoms with E-state index in [2.05, 4.69) is 15.0 Å². The lowest BCUT2D eigenvalue weighted by Gasteiger charge is -2.16. The van der Waals surface area contributed by atoms with Crippen molar-refractivity contribution in [2.24, 2.45) is 0 Å². The van der Waals surface area contributed by atoms with Gasteiger partial charge in [-0.3, -0.25) is 19.1 Å². The Kier molecular flexibility index (Phi) is 6.79. The number of anilines is 2. The highest BCUT2D eigenvalue weighted by Gasteiger charge is 2.30. The van der Waals surface area contributed by atoms with Gasteiger partial charge in [0.25, 0.3) is 15.9 Å². The highest BCUT2D eigenvalue weighted by Crippen LogP contribution is 2.37. The van der Waals surface area contributed by atoms with Gasteiger partial charge in [-0.25, -0.2) is 8.42 Å². The van der Waals surface area contributed by atoms with Gasteiger partial charge in [0, 0.05) is 59.8 Å². The van der Waals surface area contributed by atoms with Crippen LogP contribution in [0.4, 0.5) is 11.4 Å². The van der Waals surface area contributed by atoms with E-state index in [-0.39, 0.29) is 22.5 Å². The third-order valence-electron chi connectivity index (χ3n) is 7.77. The van der Waals surface area contributed by atoms with Crippen LogP contribution >= 0.6 is 0 Å². The summed E-state index contributed by atoms with van der Waals surface area (Å²) in [7, 11) is -3.81. The molecule has 1 aliphatic carbocycles. The number of aromatic amines is 1. The predicted octanol–water partition coefficient (Wildman–Crippen LogP) is 4.38. The van der Waals surface area contributed by atoms with Crippen molar-refractivity contribution in [3.63, 3.8) is 0 Å². The molecule has 0 atom stereocenters. The molecule has 3 aromatic rings. The van der Waals surface area contributed by atoms with Gasteiger partial charge < -0.3 is 15.2 Å². The molecule has 2 amide bonds. The third-order valence-corrected chi connectivity index (χ3v) is 9.17. The zero-order valence-electron chi connectivity index (χ0n) is 22.0. The molecular formula is C30H30N4O5S. The maximum atomic E-state index is 13.1. The van der Waals surface area contributed by atoms with Crippen LogP contribution in [0.15, 0.2) is 53.4 Å². The van der Waals surface area contributed by atoms with Crippen molar-refractivity contribution in [3.05, 3.63) is 76.6 Å².